The Bertz CT molecular complexity index is 896. The molecular formula is C20H25ClN2O3S. The van der Waals surface area contributed by atoms with Gasteiger partial charge < -0.3 is 5.32 Å². The normalized spacial score (nSPS) is 11.6. The number of sulfonamides is 1. The summed E-state index contributed by atoms with van der Waals surface area (Å²) in [7, 11) is -2.33. The van der Waals surface area contributed by atoms with E-state index in [1.165, 1.54) is 7.05 Å². The number of carbonyl (C=O) groups is 1. The van der Waals surface area contributed by atoms with Crippen molar-refractivity contribution in [3.8, 4) is 0 Å². The fourth-order valence-electron chi connectivity index (χ4n) is 2.64. The molecule has 146 valence electrons. The Labute approximate surface area is 166 Å². The molecule has 1 amide bonds. The summed E-state index contributed by atoms with van der Waals surface area (Å²) in [6.07, 6.45) is 1.64. The molecule has 27 heavy (non-hydrogen) atoms. The highest BCUT2D eigenvalue weighted by molar-refractivity contribution is 7.89. The number of anilines is 1. The van der Waals surface area contributed by atoms with Crippen LogP contribution in [0.4, 0.5) is 5.69 Å². The summed E-state index contributed by atoms with van der Waals surface area (Å²) in [4.78, 5) is 12.5. The number of hydrogen-bond acceptors (Lipinski definition) is 3. The van der Waals surface area contributed by atoms with Crippen molar-refractivity contribution in [3.63, 3.8) is 0 Å². The number of likely N-dealkylation sites (N-methyl/N-ethyl adjacent to an activating group) is 1. The molecule has 7 heteroatoms. The average Bonchev–Trinajstić information content (AvgIpc) is 2.64. The van der Waals surface area contributed by atoms with Crippen LogP contribution in [-0.2, 0) is 21.2 Å². The zero-order valence-corrected chi connectivity index (χ0v) is 17.4. The Morgan fingerprint density at radius 3 is 2.41 bits per heavy atom. The predicted octanol–water partition coefficient (Wildman–Crippen LogP) is 3.73. The first-order valence-corrected chi connectivity index (χ1v) is 10.7. The van der Waals surface area contributed by atoms with Crippen LogP contribution < -0.4 is 5.32 Å². The second-order valence-electron chi connectivity index (χ2n) is 6.49. The standard InChI is InChI=1S/C20H25ClN2O3S/c1-15-6-4-8-19(16(15)2)22-20(24)14-23(3)27(25,26)18-11-9-17(10-12-18)7-5-13-21/h4,6,8-12H,5,7,13-14H2,1-3H3,(H,22,24). The van der Waals surface area contributed by atoms with Crippen molar-refractivity contribution in [2.45, 2.75) is 31.6 Å². The van der Waals surface area contributed by atoms with Gasteiger partial charge in [-0.1, -0.05) is 24.3 Å². The van der Waals surface area contributed by atoms with Crippen LogP contribution in [0, 0.1) is 13.8 Å². The quantitative estimate of drug-likeness (QED) is 0.676. The van der Waals surface area contributed by atoms with Crippen molar-refractivity contribution in [1.82, 2.24) is 4.31 Å². The van der Waals surface area contributed by atoms with Gasteiger partial charge in [-0.15, -0.1) is 11.6 Å². The highest BCUT2D eigenvalue weighted by atomic mass is 35.5. The van der Waals surface area contributed by atoms with E-state index in [-0.39, 0.29) is 17.3 Å². The van der Waals surface area contributed by atoms with E-state index in [0.29, 0.717) is 11.6 Å². The van der Waals surface area contributed by atoms with Gasteiger partial charge in [0.15, 0.2) is 0 Å². The number of nitrogens with zero attached hydrogens (tertiary/aromatic N) is 1. The second-order valence-corrected chi connectivity index (χ2v) is 8.92. The van der Waals surface area contributed by atoms with Gasteiger partial charge in [0.2, 0.25) is 15.9 Å². The number of benzene rings is 2. The molecule has 0 aliphatic carbocycles. The van der Waals surface area contributed by atoms with E-state index < -0.39 is 10.0 Å². The van der Waals surface area contributed by atoms with Crippen LogP contribution >= 0.6 is 11.6 Å². The number of rotatable bonds is 8. The molecule has 2 aromatic carbocycles. The average molecular weight is 409 g/mol. The van der Waals surface area contributed by atoms with E-state index in [1.807, 2.05) is 26.0 Å². The molecule has 5 nitrogen and oxygen atoms in total. The number of hydrogen-bond donors (Lipinski definition) is 1. The fraction of sp³-hybridized carbons (Fsp3) is 0.350. The maximum Gasteiger partial charge on any atom is 0.243 e. The maximum absolute atomic E-state index is 12.7. The maximum atomic E-state index is 12.7. The smallest absolute Gasteiger partial charge is 0.243 e. The molecule has 1 N–H and O–H groups in total. The first kappa shape index (κ1) is 21.4. The first-order chi connectivity index (χ1) is 12.8. The molecule has 0 saturated heterocycles. The number of carbonyl (C=O) groups excluding carboxylic acids is 1. The Hall–Kier alpha value is -1.89. The van der Waals surface area contributed by atoms with Crippen molar-refractivity contribution < 1.29 is 13.2 Å². The van der Waals surface area contributed by atoms with Crippen LogP contribution in [0.1, 0.15) is 23.1 Å². The Kier molecular flexibility index (Phi) is 7.41. The van der Waals surface area contributed by atoms with E-state index >= 15 is 0 Å². The van der Waals surface area contributed by atoms with E-state index in [9.17, 15) is 13.2 Å². The summed E-state index contributed by atoms with van der Waals surface area (Å²) < 4.78 is 26.4. The van der Waals surface area contributed by atoms with Crippen LogP contribution in [0.5, 0.6) is 0 Å². The van der Waals surface area contributed by atoms with Gasteiger partial charge in [0.05, 0.1) is 11.4 Å². The fourth-order valence-corrected chi connectivity index (χ4v) is 3.90. The van der Waals surface area contributed by atoms with E-state index in [4.69, 9.17) is 11.6 Å². The van der Waals surface area contributed by atoms with Gasteiger partial charge in [-0.2, -0.15) is 4.31 Å². The molecule has 0 radical (unpaired) electrons. The van der Waals surface area contributed by atoms with Gasteiger partial charge in [-0.25, -0.2) is 8.42 Å². The number of aryl methyl sites for hydroxylation is 2. The summed E-state index contributed by atoms with van der Waals surface area (Å²) in [5.41, 5.74) is 3.74. The zero-order chi connectivity index (χ0) is 20.0. The van der Waals surface area contributed by atoms with Gasteiger partial charge >= 0.3 is 0 Å². The van der Waals surface area contributed by atoms with E-state index in [2.05, 4.69) is 5.32 Å². The lowest BCUT2D eigenvalue weighted by Gasteiger charge is -2.18. The van der Waals surface area contributed by atoms with Crippen molar-refractivity contribution >= 4 is 33.2 Å². The first-order valence-electron chi connectivity index (χ1n) is 8.73. The third-order valence-electron chi connectivity index (χ3n) is 4.48. The van der Waals surface area contributed by atoms with Gasteiger partial charge in [-0.05, 0) is 61.6 Å². The highest BCUT2D eigenvalue weighted by Gasteiger charge is 2.23. The van der Waals surface area contributed by atoms with Gasteiger partial charge in [-0.3, -0.25) is 4.79 Å². The zero-order valence-electron chi connectivity index (χ0n) is 15.8. The molecule has 0 fully saturated rings. The number of alkyl halides is 1. The lowest BCUT2D eigenvalue weighted by Crippen LogP contribution is -2.35. The highest BCUT2D eigenvalue weighted by Crippen LogP contribution is 2.19. The van der Waals surface area contributed by atoms with E-state index in [1.54, 1.807) is 30.3 Å². The van der Waals surface area contributed by atoms with Crippen molar-refractivity contribution in [1.29, 1.82) is 0 Å². The van der Waals surface area contributed by atoms with Crippen molar-refractivity contribution in [3.05, 3.63) is 59.2 Å². The Morgan fingerprint density at radius 2 is 1.78 bits per heavy atom. The van der Waals surface area contributed by atoms with Crippen LogP contribution in [0.15, 0.2) is 47.4 Å². The summed E-state index contributed by atoms with van der Waals surface area (Å²) in [5, 5.41) is 2.78. The molecule has 0 aromatic heterocycles. The molecule has 0 aliphatic rings. The lowest BCUT2D eigenvalue weighted by molar-refractivity contribution is -0.116. The topological polar surface area (TPSA) is 66.5 Å². The number of halogens is 1. The summed E-state index contributed by atoms with van der Waals surface area (Å²) in [5.74, 6) is 0.187. The largest absolute Gasteiger partial charge is 0.325 e. The SMILES string of the molecule is Cc1cccc(NC(=O)CN(C)S(=O)(=O)c2ccc(CCCCl)cc2)c1C. The molecule has 0 spiro atoms. The van der Waals surface area contributed by atoms with Gasteiger partial charge in [0, 0.05) is 18.6 Å². The molecule has 0 atom stereocenters. The summed E-state index contributed by atoms with van der Waals surface area (Å²) in [6.45, 7) is 3.61. The van der Waals surface area contributed by atoms with E-state index in [0.717, 1.165) is 33.8 Å². The van der Waals surface area contributed by atoms with Crippen LogP contribution in [0.2, 0.25) is 0 Å². The van der Waals surface area contributed by atoms with Gasteiger partial charge in [0.25, 0.3) is 0 Å². The molecular weight excluding hydrogens is 384 g/mol. The summed E-state index contributed by atoms with van der Waals surface area (Å²) >= 11 is 5.68. The van der Waals surface area contributed by atoms with Crippen LogP contribution in [-0.4, -0.2) is 38.1 Å². The third kappa shape index (κ3) is 5.54. The van der Waals surface area contributed by atoms with Crippen molar-refractivity contribution in [2.24, 2.45) is 0 Å². The second kappa shape index (κ2) is 9.35. The third-order valence-corrected chi connectivity index (χ3v) is 6.56. The number of amides is 1. The molecule has 0 unspecified atom stereocenters. The Morgan fingerprint density at radius 1 is 1.11 bits per heavy atom. The monoisotopic (exact) mass is 408 g/mol. The molecule has 2 rings (SSSR count). The molecule has 0 aliphatic heterocycles. The van der Waals surface area contributed by atoms with Crippen LogP contribution in [0.25, 0.3) is 0 Å². The minimum Gasteiger partial charge on any atom is -0.325 e. The van der Waals surface area contributed by atoms with Crippen molar-refractivity contribution in [2.75, 3.05) is 24.8 Å². The lowest BCUT2D eigenvalue weighted by atomic mass is 10.1. The predicted molar refractivity (Wildman–Crippen MR) is 110 cm³/mol. The molecule has 0 saturated carbocycles. The summed E-state index contributed by atoms with van der Waals surface area (Å²) in [6, 6.07) is 12.3. The van der Waals surface area contributed by atoms with Gasteiger partial charge in [0.1, 0.15) is 0 Å². The minimum absolute atomic E-state index is 0.166. The molecule has 0 heterocycles. The Balaban J connectivity index is 2.05. The minimum atomic E-state index is -3.74. The number of nitrogens with one attached hydrogen (secondary N) is 1. The molecule has 2 aromatic rings. The molecule has 0 bridgehead atoms. The van der Waals surface area contributed by atoms with Crippen LogP contribution in [0.3, 0.4) is 0 Å².